The molecule has 0 radical (unpaired) electrons. The Morgan fingerprint density at radius 3 is 2.35 bits per heavy atom. The summed E-state index contributed by atoms with van der Waals surface area (Å²) in [4.78, 5) is 26.4. The number of amides is 2. The second kappa shape index (κ2) is 3.72. The van der Waals surface area contributed by atoms with Crippen molar-refractivity contribution in [3.05, 3.63) is 0 Å². The molecule has 0 aromatic heterocycles. The summed E-state index contributed by atoms with van der Waals surface area (Å²) in [6.07, 6.45) is 3.81. The van der Waals surface area contributed by atoms with Crippen molar-refractivity contribution in [3.63, 3.8) is 0 Å². The van der Waals surface area contributed by atoms with Gasteiger partial charge in [-0.1, -0.05) is 6.92 Å². The predicted octanol–water partition coefficient (Wildman–Crippen LogP) is 1.44. The number of hydrogen-bond donors (Lipinski definition) is 1. The third kappa shape index (κ3) is 1.65. The molecule has 1 saturated heterocycles. The van der Waals surface area contributed by atoms with Crippen LogP contribution in [0.3, 0.4) is 0 Å². The molecule has 0 aromatic carbocycles. The molecule has 1 heterocycles. The molecule has 2 unspecified atom stereocenters. The molecule has 17 heavy (non-hydrogen) atoms. The van der Waals surface area contributed by atoms with E-state index in [1.165, 1.54) is 0 Å². The number of nitrogens with one attached hydrogen (secondary N) is 1. The van der Waals surface area contributed by atoms with E-state index in [0.717, 1.165) is 19.3 Å². The van der Waals surface area contributed by atoms with Crippen LogP contribution in [0.4, 0.5) is 0 Å². The van der Waals surface area contributed by atoms with Gasteiger partial charge in [-0.15, -0.1) is 0 Å². The molecule has 2 amide bonds. The molecule has 0 bridgehead atoms. The second-order valence-corrected chi connectivity index (χ2v) is 5.88. The first-order valence-corrected chi connectivity index (χ1v) is 6.50. The minimum Gasteiger partial charge on any atom is -0.340 e. The molecule has 1 N–H and O–H groups in total. The van der Waals surface area contributed by atoms with E-state index in [0.29, 0.717) is 6.42 Å². The highest BCUT2D eigenvalue weighted by molar-refractivity contribution is 5.99. The van der Waals surface area contributed by atoms with E-state index in [1.54, 1.807) is 0 Å². The van der Waals surface area contributed by atoms with E-state index in [1.807, 2.05) is 25.7 Å². The minimum atomic E-state index is -0.720. The highest BCUT2D eigenvalue weighted by Crippen LogP contribution is 2.41. The van der Waals surface area contributed by atoms with Crippen LogP contribution < -0.4 is 5.32 Å². The molecule has 0 spiro atoms. The van der Waals surface area contributed by atoms with Gasteiger partial charge in [-0.05, 0) is 46.5 Å². The van der Waals surface area contributed by atoms with Crippen LogP contribution in [-0.4, -0.2) is 33.8 Å². The maximum Gasteiger partial charge on any atom is 0.249 e. The Kier molecular flexibility index (Phi) is 2.71. The van der Waals surface area contributed by atoms with Crippen molar-refractivity contribution in [1.82, 2.24) is 10.2 Å². The Labute approximate surface area is 103 Å². The Morgan fingerprint density at radius 1 is 1.35 bits per heavy atom. The third-order valence-electron chi connectivity index (χ3n) is 4.58. The lowest BCUT2D eigenvalue weighted by molar-refractivity contribution is -0.165. The third-order valence-corrected chi connectivity index (χ3v) is 4.58. The maximum atomic E-state index is 12.6. The normalized spacial score (nSPS) is 36.5. The van der Waals surface area contributed by atoms with Crippen molar-refractivity contribution in [3.8, 4) is 0 Å². The Bertz CT molecular complexity index is 362. The lowest BCUT2D eigenvalue weighted by atomic mass is 9.74. The summed E-state index contributed by atoms with van der Waals surface area (Å²) in [5.41, 5.74) is -0.827. The lowest BCUT2D eigenvalue weighted by Crippen LogP contribution is -2.73. The molecule has 2 aliphatic rings. The zero-order valence-electron chi connectivity index (χ0n) is 11.2. The van der Waals surface area contributed by atoms with Crippen LogP contribution >= 0.6 is 0 Å². The fourth-order valence-electron chi connectivity index (χ4n) is 2.87. The molecule has 96 valence electrons. The van der Waals surface area contributed by atoms with Crippen LogP contribution in [0.25, 0.3) is 0 Å². The smallest absolute Gasteiger partial charge is 0.249 e. The van der Waals surface area contributed by atoms with Crippen LogP contribution in [-0.2, 0) is 9.59 Å². The van der Waals surface area contributed by atoms with Crippen LogP contribution in [0.2, 0.25) is 0 Å². The van der Waals surface area contributed by atoms with Crippen molar-refractivity contribution in [2.24, 2.45) is 0 Å². The summed E-state index contributed by atoms with van der Waals surface area (Å²) >= 11 is 0. The number of hydrogen-bond acceptors (Lipinski definition) is 2. The molecule has 2 rings (SSSR count). The number of piperazine rings is 1. The fraction of sp³-hybridized carbons (Fsp3) is 0.846. The zero-order chi connectivity index (χ0) is 12.8. The van der Waals surface area contributed by atoms with E-state index in [-0.39, 0.29) is 23.4 Å². The van der Waals surface area contributed by atoms with E-state index >= 15 is 0 Å². The molecule has 1 aliphatic carbocycles. The van der Waals surface area contributed by atoms with Crippen LogP contribution in [0, 0.1) is 0 Å². The summed E-state index contributed by atoms with van der Waals surface area (Å²) in [6, 6.07) is -0.340. The fourth-order valence-corrected chi connectivity index (χ4v) is 2.87. The van der Waals surface area contributed by atoms with Gasteiger partial charge in [0.25, 0.3) is 0 Å². The lowest BCUT2D eigenvalue weighted by Gasteiger charge is -2.55. The van der Waals surface area contributed by atoms with Crippen molar-refractivity contribution in [2.45, 2.75) is 70.5 Å². The zero-order valence-corrected chi connectivity index (χ0v) is 11.2. The van der Waals surface area contributed by atoms with Crippen molar-refractivity contribution in [2.75, 3.05) is 0 Å². The SMILES string of the molecule is CCC1(C)NC(=O)C(C)N(C2(C)CCC2)C1=O. The molecule has 1 saturated carbocycles. The molecule has 4 heteroatoms. The van der Waals surface area contributed by atoms with E-state index in [9.17, 15) is 9.59 Å². The van der Waals surface area contributed by atoms with Gasteiger partial charge in [0.15, 0.2) is 0 Å². The molecule has 1 aliphatic heterocycles. The highest BCUT2D eigenvalue weighted by Gasteiger charge is 2.53. The average molecular weight is 238 g/mol. The molecular formula is C13H22N2O2. The predicted molar refractivity (Wildman–Crippen MR) is 65.4 cm³/mol. The first-order chi connectivity index (χ1) is 7.84. The highest BCUT2D eigenvalue weighted by atomic mass is 16.2. The van der Waals surface area contributed by atoms with Crippen molar-refractivity contribution >= 4 is 11.8 Å². The van der Waals surface area contributed by atoms with E-state index < -0.39 is 5.54 Å². The summed E-state index contributed by atoms with van der Waals surface area (Å²) in [7, 11) is 0. The van der Waals surface area contributed by atoms with Crippen LogP contribution in [0.15, 0.2) is 0 Å². The van der Waals surface area contributed by atoms with Gasteiger partial charge in [-0.25, -0.2) is 0 Å². The van der Waals surface area contributed by atoms with Gasteiger partial charge in [-0.2, -0.15) is 0 Å². The number of rotatable bonds is 2. The monoisotopic (exact) mass is 238 g/mol. The number of carbonyl (C=O) groups is 2. The van der Waals surface area contributed by atoms with Crippen LogP contribution in [0.5, 0.6) is 0 Å². The minimum absolute atomic E-state index is 0.0259. The molecule has 2 fully saturated rings. The van der Waals surface area contributed by atoms with Crippen molar-refractivity contribution in [1.29, 1.82) is 0 Å². The van der Waals surface area contributed by atoms with Gasteiger partial charge in [0, 0.05) is 5.54 Å². The van der Waals surface area contributed by atoms with Gasteiger partial charge >= 0.3 is 0 Å². The van der Waals surface area contributed by atoms with Gasteiger partial charge in [-0.3, -0.25) is 9.59 Å². The standard InChI is InChI=1S/C13H22N2O2/c1-5-13(4)11(17)15(9(2)10(16)14-13)12(3)7-6-8-12/h9H,5-8H2,1-4H3,(H,14,16). The summed E-state index contributed by atoms with van der Waals surface area (Å²) < 4.78 is 0. The summed E-state index contributed by atoms with van der Waals surface area (Å²) in [5, 5.41) is 2.86. The Balaban J connectivity index is 2.34. The topological polar surface area (TPSA) is 49.4 Å². The average Bonchev–Trinajstić information content (AvgIpc) is 2.24. The maximum absolute atomic E-state index is 12.6. The molecule has 2 atom stereocenters. The molecule has 0 aromatic rings. The van der Waals surface area contributed by atoms with Crippen molar-refractivity contribution < 1.29 is 9.59 Å². The van der Waals surface area contributed by atoms with Crippen LogP contribution in [0.1, 0.15) is 53.4 Å². The first kappa shape index (κ1) is 12.4. The Morgan fingerprint density at radius 2 is 1.94 bits per heavy atom. The first-order valence-electron chi connectivity index (χ1n) is 6.50. The number of carbonyl (C=O) groups excluding carboxylic acids is 2. The molecular weight excluding hydrogens is 216 g/mol. The van der Waals surface area contributed by atoms with Gasteiger partial charge < -0.3 is 10.2 Å². The van der Waals surface area contributed by atoms with E-state index in [2.05, 4.69) is 12.2 Å². The second-order valence-electron chi connectivity index (χ2n) is 5.88. The number of nitrogens with zero attached hydrogens (tertiary/aromatic N) is 1. The quantitative estimate of drug-likeness (QED) is 0.791. The Hall–Kier alpha value is -1.06. The van der Waals surface area contributed by atoms with Gasteiger partial charge in [0.1, 0.15) is 11.6 Å². The van der Waals surface area contributed by atoms with Gasteiger partial charge in [0.05, 0.1) is 0 Å². The molecule has 4 nitrogen and oxygen atoms in total. The summed E-state index contributed by atoms with van der Waals surface area (Å²) in [5.74, 6) is 0.0522. The largest absolute Gasteiger partial charge is 0.340 e. The summed E-state index contributed by atoms with van der Waals surface area (Å²) in [6.45, 7) is 7.69. The van der Waals surface area contributed by atoms with E-state index in [4.69, 9.17) is 0 Å². The van der Waals surface area contributed by atoms with Gasteiger partial charge in [0.2, 0.25) is 11.8 Å².